The van der Waals surface area contributed by atoms with Crippen molar-refractivity contribution in [2.75, 3.05) is 0 Å². The molecule has 59 heavy (non-hydrogen) atoms. The summed E-state index contributed by atoms with van der Waals surface area (Å²) in [6.07, 6.45) is 0.748. The van der Waals surface area contributed by atoms with E-state index < -0.39 is 31.3 Å². The molecular formula is C52H45F3IrN2O-2. The van der Waals surface area contributed by atoms with E-state index >= 15 is 0 Å². The number of rotatable bonds is 5. The summed E-state index contributed by atoms with van der Waals surface area (Å²) in [6.45, 7) is 0.739. The smallest absolute Gasteiger partial charge is 0.417 e. The van der Waals surface area contributed by atoms with Gasteiger partial charge in [-0.1, -0.05) is 97.6 Å². The van der Waals surface area contributed by atoms with Crippen LogP contribution in [0.5, 0.6) is 0 Å². The van der Waals surface area contributed by atoms with Gasteiger partial charge in [0.15, 0.2) is 0 Å². The van der Waals surface area contributed by atoms with Gasteiger partial charge in [0.05, 0.1) is 12.5 Å². The van der Waals surface area contributed by atoms with Gasteiger partial charge in [-0.2, -0.15) is 13.2 Å². The van der Waals surface area contributed by atoms with E-state index in [1.54, 1.807) is 42.5 Å². The van der Waals surface area contributed by atoms with Crippen LogP contribution in [0.25, 0.3) is 66.7 Å². The van der Waals surface area contributed by atoms with E-state index in [0.29, 0.717) is 34.7 Å². The maximum Gasteiger partial charge on any atom is 0.417 e. The topological polar surface area (TPSA) is 38.9 Å². The van der Waals surface area contributed by atoms with Crippen molar-refractivity contribution in [1.29, 1.82) is 0 Å². The predicted molar refractivity (Wildman–Crippen MR) is 229 cm³/mol. The molecule has 0 N–H and O–H groups in total. The normalized spacial score (nSPS) is 17.1. The van der Waals surface area contributed by atoms with Gasteiger partial charge in [0, 0.05) is 53.0 Å². The average molecular weight is 971 g/mol. The number of hydrogen-bond donors (Lipinski definition) is 0. The van der Waals surface area contributed by atoms with Gasteiger partial charge in [0.25, 0.3) is 0 Å². The van der Waals surface area contributed by atoms with Gasteiger partial charge in [0.2, 0.25) is 0 Å². The summed E-state index contributed by atoms with van der Waals surface area (Å²) < 4.78 is 118. The first-order valence-corrected chi connectivity index (χ1v) is 19.1. The number of fused-ring (bicyclic) bond motifs is 3. The Morgan fingerprint density at radius 2 is 1.53 bits per heavy atom. The second-order valence-corrected chi connectivity index (χ2v) is 15.5. The summed E-state index contributed by atoms with van der Waals surface area (Å²) in [6, 6.07) is 35.8. The van der Waals surface area contributed by atoms with Crippen molar-refractivity contribution in [2.24, 2.45) is 5.41 Å². The van der Waals surface area contributed by atoms with Crippen molar-refractivity contribution in [3.05, 3.63) is 168 Å². The molecule has 0 aliphatic heterocycles. The molecule has 0 bridgehead atoms. The molecule has 1 radical (unpaired) electrons. The number of aromatic nitrogens is 2. The molecule has 0 spiro atoms. The first kappa shape index (κ1) is 32.5. The largest absolute Gasteiger partial charge is 0.500 e. The van der Waals surface area contributed by atoms with E-state index in [1.165, 1.54) is 29.8 Å². The standard InChI is InChI=1S/C40H35F3NO.C12H10N.Ir/c1-24-21-28(26-17-19-39(3,4)20-18-26)13-14-29(24)33-22-35(44-23-25(33)2)32-12-8-11-30-31-15-16-34(40(41,42)43)36(38(31)45-37(30)32)27-9-6-5-7-10-27;1-10-7-8-12(13-9-10)11-5-3-2-4-6-11;/h5-11,13-16,21-23,26H,17-20H2,1-4H3;2-5,7-9H,1H3;/q2*-1;/i1D3,2D3,14D,26D;;. The fourth-order valence-electron chi connectivity index (χ4n) is 7.54. The summed E-state index contributed by atoms with van der Waals surface area (Å²) in [7, 11) is 0. The minimum absolute atomic E-state index is 0. The minimum Gasteiger partial charge on any atom is -0.500 e. The van der Waals surface area contributed by atoms with Crippen LogP contribution >= 0.6 is 0 Å². The minimum atomic E-state index is -4.69. The van der Waals surface area contributed by atoms with Crippen LogP contribution in [-0.4, -0.2) is 9.97 Å². The first-order valence-electron chi connectivity index (χ1n) is 23.1. The van der Waals surface area contributed by atoms with Crippen molar-refractivity contribution < 1.29 is 48.7 Å². The van der Waals surface area contributed by atoms with E-state index in [1.807, 2.05) is 43.5 Å². The Morgan fingerprint density at radius 1 is 0.780 bits per heavy atom. The van der Waals surface area contributed by atoms with Crippen molar-refractivity contribution >= 4 is 21.9 Å². The third-order valence-electron chi connectivity index (χ3n) is 10.9. The number of alkyl halides is 3. The molecule has 5 aromatic carbocycles. The Morgan fingerprint density at radius 3 is 2.22 bits per heavy atom. The van der Waals surface area contributed by atoms with Crippen molar-refractivity contribution in [3.8, 4) is 44.8 Å². The van der Waals surface area contributed by atoms with Crippen LogP contribution < -0.4 is 0 Å². The molecule has 1 aliphatic carbocycles. The van der Waals surface area contributed by atoms with E-state index in [2.05, 4.69) is 42.0 Å². The summed E-state index contributed by atoms with van der Waals surface area (Å²) in [5, 5.41) is 0.874. The fraction of sp³-hybridized carbons (Fsp3) is 0.231. The van der Waals surface area contributed by atoms with Crippen LogP contribution in [0.1, 0.15) is 84.2 Å². The van der Waals surface area contributed by atoms with Crippen LogP contribution in [-0.2, 0) is 26.3 Å². The van der Waals surface area contributed by atoms with Gasteiger partial charge in [-0.05, 0) is 114 Å². The second kappa shape index (κ2) is 17.1. The first-order chi connectivity index (χ1) is 31.0. The molecule has 3 nitrogen and oxygen atoms in total. The maximum absolute atomic E-state index is 14.4. The fourth-order valence-corrected chi connectivity index (χ4v) is 7.54. The Bertz CT molecular complexity index is 3050. The van der Waals surface area contributed by atoms with Gasteiger partial charge in [-0.15, -0.1) is 54.1 Å². The Hall–Kier alpha value is -5.36. The molecule has 8 aromatic rings. The maximum atomic E-state index is 14.4. The van der Waals surface area contributed by atoms with Gasteiger partial charge in [-0.25, -0.2) is 0 Å². The molecule has 301 valence electrons. The number of pyridine rings is 2. The van der Waals surface area contributed by atoms with Gasteiger partial charge in [-0.3, -0.25) is 0 Å². The third-order valence-corrected chi connectivity index (χ3v) is 10.9. The molecule has 0 saturated heterocycles. The molecular weight excluding hydrogens is 918 g/mol. The molecule has 9 rings (SSSR count). The van der Waals surface area contributed by atoms with Crippen molar-refractivity contribution in [2.45, 2.75) is 72.2 Å². The van der Waals surface area contributed by atoms with E-state index in [4.69, 9.17) is 14.0 Å². The van der Waals surface area contributed by atoms with Crippen LogP contribution in [0, 0.1) is 38.2 Å². The summed E-state index contributed by atoms with van der Waals surface area (Å²) in [5.74, 6) is -1.11. The monoisotopic (exact) mass is 971 g/mol. The molecule has 3 aromatic heterocycles. The number of aryl methyl sites for hydroxylation is 3. The summed E-state index contributed by atoms with van der Waals surface area (Å²) in [5.41, 5.74) is 2.64. The molecule has 1 aliphatic rings. The third kappa shape index (κ3) is 8.83. The van der Waals surface area contributed by atoms with Crippen LogP contribution in [0.3, 0.4) is 0 Å². The Kier molecular flexibility index (Phi) is 9.41. The summed E-state index contributed by atoms with van der Waals surface area (Å²) in [4.78, 5) is 8.75. The molecule has 0 atom stereocenters. The van der Waals surface area contributed by atoms with Crippen LogP contribution in [0.15, 0.2) is 132 Å². The Balaban J connectivity index is 0.000000408. The van der Waals surface area contributed by atoms with Crippen LogP contribution in [0.4, 0.5) is 13.2 Å². The zero-order chi connectivity index (χ0) is 47.4. The Labute approximate surface area is 369 Å². The van der Waals surface area contributed by atoms with Crippen LogP contribution in [0.2, 0.25) is 0 Å². The van der Waals surface area contributed by atoms with Crippen molar-refractivity contribution in [3.63, 3.8) is 0 Å². The number of hydrogen-bond acceptors (Lipinski definition) is 3. The zero-order valence-corrected chi connectivity index (χ0v) is 35.0. The van der Waals surface area contributed by atoms with E-state index in [0.717, 1.165) is 36.4 Å². The molecule has 1 fully saturated rings. The molecule has 1 saturated carbocycles. The number of furan rings is 1. The molecule has 0 amide bonds. The van der Waals surface area contributed by atoms with Crippen molar-refractivity contribution in [1.82, 2.24) is 9.97 Å². The average Bonchev–Trinajstić information content (AvgIpc) is 3.66. The number of halogens is 3. The second-order valence-electron chi connectivity index (χ2n) is 15.5. The SMILES string of the molecule is Cc1ccc(-c2[c-]cccc2)nc1.[2H]c1cc(C2([2H])CCC(C)(C)CC2)cc(C([2H])([2H])[2H])c1-c1cc(-c2[c-]ccc3c2oc2c(-c4ccccc4)c(C(F)(F)F)ccc23)ncc1C([2H])([2H])[2H].[Ir]. The van der Waals surface area contributed by atoms with Gasteiger partial charge < -0.3 is 14.4 Å². The number of benzene rings is 5. The summed E-state index contributed by atoms with van der Waals surface area (Å²) >= 11 is 0. The zero-order valence-electron chi connectivity index (χ0n) is 40.6. The van der Waals surface area contributed by atoms with E-state index in [9.17, 15) is 14.5 Å². The predicted octanol–water partition coefficient (Wildman–Crippen LogP) is 15.0. The molecule has 0 unspecified atom stereocenters. The molecule has 3 heterocycles. The quantitative estimate of drug-likeness (QED) is 0.161. The number of nitrogens with zero attached hydrogens (tertiary/aromatic N) is 2. The van der Waals surface area contributed by atoms with Gasteiger partial charge >= 0.3 is 6.18 Å². The molecule has 7 heteroatoms. The van der Waals surface area contributed by atoms with Gasteiger partial charge in [0.1, 0.15) is 5.58 Å². The van der Waals surface area contributed by atoms with E-state index in [-0.39, 0.29) is 81.8 Å².